The zero-order valence-electron chi connectivity index (χ0n) is 35.7. The molecule has 14 rings (SSSR count). The normalized spacial score (nSPS) is 11.9. The fraction of sp³-hybridized carbons (Fsp3) is 0. The third-order valence-electron chi connectivity index (χ3n) is 13.5. The first-order valence-electron chi connectivity index (χ1n) is 22.5. The number of furan rings is 1. The fourth-order valence-corrected chi connectivity index (χ4v) is 11.9. The molecule has 0 saturated heterocycles. The van der Waals surface area contributed by atoms with Crippen molar-refractivity contribution in [2.45, 2.75) is 0 Å². The molecule has 66 heavy (non-hydrogen) atoms. The lowest BCUT2D eigenvalue weighted by atomic mass is 9.95. The second kappa shape index (κ2) is 14.5. The van der Waals surface area contributed by atoms with Crippen LogP contribution in [0, 0.1) is 0 Å². The number of para-hydroxylation sites is 4. The molecule has 0 spiro atoms. The van der Waals surface area contributed by atoms with Crippen LogP contribution in [0.5, 0.6) is 0 Å². The molecule has 0 amide bonds. The standard InChI is InChI=1S/C62H38N2OS/c1-2-21-44-40(16-1)38-57(47-23-4-3-22-46(44)47)64(42-19-13-17-39(36-42)45-28-15-29-52-50-26-7-11-32-58(50)65-61(45)52)56-35-34-53-51-27-8-12-33-59(51)66-62(53)60(56)41-18-14-20-43(37-41)63-54-30-9-5-24-48(54)49-25-6-10-31-55(49)63/h1-38H. The van der Waals surface area contributed by atoms with Gasteiger partial charge >= 0.3 is 0 Å². The lowest BCUT2D eigenvalue weighted by Crippen LogP contribution is -2.12. The van der Waals surface area contributed by atoms with Gasteiger partial charge in [-0.15, -0.1) is 11.3 Å². The lowest BCUT2D eigenvalue weighted by molar-refractivity contribution is 0.670. The monoisotopic (exact) mass is 858 g/mol. The summed E-state index contributed by atoms with van der Waals surface area (Å²) in [4.78, 5) is 2.52. The zero-order chi connectivity index (χ0) is 43.3. The number of fused-ring (bicyclic) bond motifs is 12. The maximum atomic E-state index is 6.65. The number of aromatic nitrogens is 1. The van der Waals surface area contributed by atoms with E-state index in [9.17, 15) is 0 Å². The van der Waals surface area contributed by atoms with E-state index in [1.165, 1.54) is 69.1 Å². The van der Waals surface area contributed by atoms with Gasteiger partial charge in [-0.25, -0.2) is 0 Å². The van der Waals surface area contributed by atoms with Gasteiger partial charge in [0.2, 0.25) is 0 Å². The third-order valence-corrected chi connectivity index (χ3v) is 14.7. The van der Waals surface area contributed by atoms with Crippen LogP contribution in [0.25, 0.3) is 113 Å². The maximum absolute atomic E-state index is 6.65. The average Bonchev–Trinajstić information content (AvgIpc) is 4.06. The van der Waals surface area contributed by atoms with Crippen molar-refractivity contribution in [3.8, 4) is 27.9 Å². The molecule has 0 bridgehead atoms. The third kappa shape index (κ3) is 5.55. The highest BCUT2D eigenvalue weighted by molar-refractivity contribution is 7.26. The summed E-state index contributed by atoms with van der Waals surface area (Å²) in [7, 11) is 0. The minimum atomic E-state index is 0.893. The zero-order valence-corrected chi connectivity index (χ0v) is 36.5. The van der Waals surface area contributed by atoms with Crippen LogP contribution in [0.2, 0.25) is 0 Å². The van der Waals surface area contributed by atoms with Crippen LogP contribution in [0.15, 0.2) is 235 Å². The summed E-state index contributed by atoms with van der Waals surface area (Å²) in [6.45, 7) is 0. The predicted octanol–water partition coefficient (Wildman–Crippen LogP) is 18.2. The van der Waals surface area contributed by atoms with Crippen LogP contribution in [0.4, 0.5) is 17.1 Å². The smallest absolute Gasteiger partial charge is 0.143 e. The van der Waals surface area contributed by atoms with Gasteiger partial charge in [-0.05, 0) is 87.9 Å². The topological polar surface area (TPSA) is 21.3 Å². The van der Waals surface area contributed by atoms with Crippen LogP contribution in [0.1, 0.15) is 0 Å². The van der Waals surface area contributed by atoms with E-state index in [0.717, 1.165) is 61.4 Å². The molecule has 0 N–H and O–H groups in total. The molecule has 0 saturated carbocycles. The molecular weight excluding hydrogens is 821 g/mol. The Labute approximate surface area is 384 Å². The van der Waals surface area contributed by atoms with E-state index in [1.807, 2.05) is 17.4 Å². The maximum Gasteiger partial charge on any atom is 0.143 e. The van der Waals surface area contributed by atoms with Crippen molar-refractivity contribution in [1.29, 1.82) is 0 Å². The van der Waals surface area contributed by atoms with Crippen molar-refractivity contribution in [3.63, 3.8) is 0 Å². The van der Waals surface area contributed by atoms with Crippen LogP contribution < -0.4 is 4.90 Å². The summed E-state index contributed by atoms with van der Waals surface area (Å²) in [5.74, 6) is 0. The van der Waals surface area contributed by atoms with E-state index in [-0.39, 0.29) is 0 Å². The van der Waals surface area contributed by atoms with E-state index >= 15 is 0 Å². The second-order valence-corrected chi connectivity index (χ2v) is 18.2. The Kier molecular flexibility index (Phi) is 8.15. The van der Waals surface area contributed by atoms with Gasteiger partial charge in [0.15, 0.2) is 0 Å². The Balaban J connectivity index is 1.08. The first kappa shape index (κ1) is 37.0. The number of benzene rings is 11. The van der Waals surface area contributed by atoms with Gasteiger partial charge < -0.3 is 13.9 Å². The highest BCUT2D eigenvalue weighted by atomic mass is 32.1. The predicted molar refractivity (Wildman–Crippen MR) is 282 cm³/mol. The minimum absolute atomic E-state index is 0.893. The van der Waals surface area contributed by atoms with E-state index in [0.29, 0.717) is 0 Å². The SMILES string of the molecule is c1cc(-c2cccc3c2oc2ccccc23)cc(N(c2ccc3c(sc4ccccc43)c2-c2cccc(-n3c4ccccc4c4ccccc43)c2)c2cc3ccccc3c3ccccc23)c1. The number of thiophene rings is 1. The Hall–Kier alpha value is -8.44. The van der Waals surface area contributed by atoms with Crippen molar-refractivity contribution in [2.24, 2.45) is 0 Å². The molecule has 0 radical (unpaired) electrons. The lowest BCUT2D eigenvalue weighted by Gasteiger charge is -2.30. The molecular formula is C62H38N2OS. The van der Waals surface area contributed by atoms with Crippen LogP contribution >= 0.6 is 11.3 Å². The number of anilines is 3. The van der Waals surface area contributed by atoms with E-state index < -0.39 is 0 Å². The molecule has 0 aliphatic rings. The van der Waals surface area contributed by atoms with Gasteiger partial charge in [-0.3, -0.25) is 0 Å². The van der Waals surface area contributed by atoms with E-state index in [4.69, 9.17) is 4.42 Å². The first-order chi connectivity index (χ1) is 32.7. The van der Waals surface area contributed by atoms with E-state index in [2.05, 4.69) is 234 Å². The molecule has 0 fully saturated rings. The molecule has 4 heteroatoms. The molecule has 3 nitrogen and oxygen atoms in total. The first-order valence-corrected chi connectivity index (χ1v) is 23.3. The summed E-state index contributed by atoms with van der Waals surface area (Å²) in [5, 5.41) is 12.1. The van der Waals surface area contributed by atoms with Crippen molar-refractivity contribution >= 4 is 114 Å². The Bertz CT molecular complexity index is 4210. The minimum Gasteiger partial charge on any atom is -0.455 e. The Morgan fingerprint density at radius 2 is 1.03 bits per heavy atom. The average molecular weight is 859 g/mol. The highest BCUT2D eigenvalue weighted by Crippen LogP contribution is 2.51. The van der Waals surface area contributed by atoms with E-state index in [1.54, 1.807) is 0 Å². The summed E-state index contributed by atoms with van der Waals surface area (Å²) in [5.41, 5.74) is 13.1. The molecule has 0 aliphatic heterocycles. The highest BCUT2D eigenvalue weighted by Gasteiger charge is 2.25. The molecule has 3 aromatic heterocycles. The van der Waals surface area contributed by atoms with Gasteiger partial charge in [0.25, 0.3) is 0 Å². The number of hydrogen-bond acceptors (Lipinski definition) is 3. The molecule has 0 atom stereocenters. The summed E-state index contributed by atoms with van der Waals surface area (Å²) in [6.07, 6.45) is 0. The van der Waals surface area contributed by atoms with Crippen LogP contribution in [0.3, 0.4) is 0 Å². The Morgan fingerprint density at radius 3 is 1.86 bits per heavy atom. The van der Waals surface area contributed by atoms with Crippen molar-refractivity contribution < 1.29 is 4.42 Å². The Morgan fingerprint density at radius 1 is 0.394 bits per heavy atom. The summed E-state index contributed by atoms with van der Waals surface area (Å²) >= 11 is 1.88. The molecule has 0 unspecified atom stereocenters. The summed E-state index contributed by atoms with van der Waals surface area (Å²) in [6, 6.07) is 84.2. The van der Waals surface area contributed by atoms with Gasteiger partial charge in [-0.1, -0.05) is 170 Å². The quantitative estimate of drug-likeness (QED) is 0.155. The van der Waals surface area contributed by atoms with Gasteiger partial charge in [0, 0.05) is 69.6 Å². The van der Waals surface area contributed by atoms with Crippen LogP contribution in [-0.4, -0.2) is 4.57 Å². The molecule has 308 valence electrons. The molecule has 3 heterocycles. The molecule has 11 aromatic carbocycles. The van der Waals surface area contributed by atoms with Crippen molar-refractivity contribution in [1.82, 2.24) is 4.57 Å². The number of nitrogens with zero attached hydrogens (tertiary/aromatic N) is 2. The van der Waals surface area contributed by atoms with Gasteiger partial charge in [0.1, 0.15) is 11.2 Å². The fourth-order valence-electron chi connectivity index (χ4n) is 10.7. The largest absolute Gasteiger partial charge is 0.455 e. The number of hydrogen-bond donors (Lipinski definition) is 0. The van der Waals surface area contributed by atoms with Gasteiger partial charge in [-0.2, -0.15) is 0 Å². The van der Waals surface area contributed by atoms with Crippen LogP contribution in [-0.2, 0) is 0 Å². The second-order valence-electron chi connectivity index (χ2n) is 17.2. The van der Waals surface area contributed by atoms with Crippen molar-refractivity contribution in [3.05, 3.63) is 231 Å². The van der Waals surface area contributed by atoms with Crippen molar-refractivity contribution in [2.75, 3.05) is 4.90 Å². The molecule has 14 aromatic rings. The molecule has 0 aliphatic carbocycles. The number of rotatable bonds is 6. The van der Waals surface area contributed by atoms with Gasteiger partial charge in [0.05, 0.1) is 22.4 Å². The summed E-state index contributed by atoms with van der Waals surface area (Å²) < 4.78 is 11.6.